The number of hydrogen-bond acceptors (Lipinski definition) is 6. The summed E-state index contributed by atoms with van der Waals surface area (Å²) in [5.41, 5.74) is 5.97. The summed E-state index contributed by atoms with van der Waals surface area (Å²) in [6, 6.07) is 3.71. The van der Waals surface area contributed by atoms with Crippen LogP contribution in [-0.4, -0.2) is 54.5 Å². The Morgan fingerprint density at radius 1 is 1.55 bits per heavy atom. The topological polar surface area (TPSA) is 93.4 Å². The fraction of sp³-hybridized carbons (Fsp3) is 0.615. The number of morpholine rings is 1. The van der Waals surface area contributed by atoms with Crippen molar-refractivity contribution in [1.29, 1.82) is 0 Å². The Morgan fingerprint density at radius 2 is 2.35 bits per heavy atom. The molecule has 0 radical (unpaired) electrons. The number of anilines is 1. The van der Waals surface area contributed by atoms with Crippen molar-refractivity contribution in [3.8, 4) is 0 Å². The van der Waals surface area contributed by atoms with Gasteiger partial charge in [0.1, 0.15) is 0 Å². The van der Waals surface area contributed by atoms with E-state index in [2.05, 4.69) is 27.3 Å². The molecule has 0 aromatic carbocycles. The maximum atomic E-state index is 11.6. The lowest BCUT2D eigenvalue weighted by Gasteiger charge is -2.38. The van der Waals surface area contributed by atoms with Crippen molar-refractivity contribution in [2.24, 2.45) is 5.73 Å². The first-order chi connectivity index (χ1) is 9.65. The average Bonchev–Trinajstić information content (AvgIpc) is 2.48. The third-order valence-electron chi connectivity index (χ3n) is 3.28. The summed E-state index contributed by atoms with van der Waals surface area (Å²) in [6.07, 6.45) is 0.0102. The Labute approximate surface area is 118 Å². The van der Waals surface area contributed by atoms with E-state index in [1.165, 1.54) is 0 Å². The number of amides is 1. The van der Waals surface area contributed by atoms with Gasteiger partial charge in [-0.1, -0.05) is 0 Å². The van der Waals surface area contributed by atoms with Gasteiger partial charge < -0.3 is 20.7 Å². The highest BCUT2D eigenvalue weighted by Gasteiger charge is 2.26. The molecule has 0 spiro atoms. The number of hydrogen-bond donors (Lipinski definition) is 2. The Bertz CT molecular complexity index is 451. The van der Waals surface area contributed by atoms with Crippen LogP contribution in [0.4, 0.5) is 5.82 Å². The molecule has 7 nitrogen and oxygen atoms in total. The molecule has 3 N–H and O–H groups in total. The van der Waals surface area contributed by atoms with Crippen LogP contribution in [0.2, 0.25) is 0 Å². The number of nitrogens with zero attached hydrogens (tertiary/aromatic N) is 3. The van der Waals surface area contributed by atoms with Gasteiger partial charge in [0.05, 0.1) is 18.8 Å². The Morgan fingerprint density at radius 3 is 2.95 bits per heavy atom. The number of rotatable bonds is 4. The van der Waals surface area contributed by atoms with E-state index in [0.29, 0.717) is 31.9 Å². The summed E-state index contributed by atoms with van der Waals surface area (Å²) in [4.78, 5) is 13.7. The lowest BCUT2D eigenvalue weighted by atomic mass is 10.2. The second kappa shape index (κ2) is 6.62. The van der Waals surface area contributed by atoms with E-state index < -0.39 is 0 Å². The number of nitrogens with one attached hydrogen (secondary N) is 1. The minimum atomic E-state index is -0.207. The monoisotopic (exact) mass is 279 g/mol. The number of ether oxygens (including phenoxy) is 1. The highest BCUT2D eigenvalue weighted by atomic mass is 16.5. The summed E-state index contributed by atoms with van der Waals surface area (Å²) < 4.78 is 5.61. The van der Waals surface area contributed by atoms with Crippen molar-refractivity contribution in [1.82, 2.24) is 15.5 Å². The van der Waals surface area contributed by atoms with Crippen LogP contribution in [0.5, 0.6) is 0 Å². The SMILES string of the molecule is CCNC(=O)c1ccc(N2CC(CN)OCC2C)nn1. The molecule has 1 aliphatic heterocycles. The molecule has 110 valence electrons. The van der Waals surface area contributed by atoms with E-state index in [1.807, 2.05) is 13.0 Å². The third-order valence-corrected chi connectivity index (χ3v) is 3.28. The molecule has 1 fully saturated rings. The van der Waals surface area contributed by atoms with Crippen molar-refractivity contribution in [3.63, 3.8) is 0 Å². The molecule has 2 heterocycles. The van der Waals surface area contributed by atoms with E-state index in [9.17, 15) is 4.79 Å². The summed E-state index contributed by atoms with van der Waals surface area (Å²) in [5, 5.41) is 10.8. The van der Waals surface area contributed by atoms with Gasteiger partial charge in [-0.15, -0.1) is 10.2 Å². The second-order valence-corrected chi connectivity index (χ2v) is 4.83. The molecular weight excluding hydrogens is 258 g/mol. The second-order valence-electron chi connectivity index (χ2n) is 4.83. The van der Waals surface area contributed by atoms with Crippen LogP contribution < -0.4 is 16.0 Å². The molecule has 1 aromatic heterocycles. The summed E-state index contributed by atoms with van der Waals surface area (Å²) in [5.74, 6) is 0.536. The van der Waals surface area contributed by atoms with Gasteiger partial charge in [0.25, 0.3) is 5.91 Å². The zero-order chi connectivity index (χ0) is 14.5. The molecule has 7 heteroatoms. The van der Waals surface area contributed by atoms with E-state index >= 15 is 0 Å². The standard InChI is InChI=1S/C13H21N5O2/c1-3-15-13(19)11-4-5-12(17-16-11)18-7-10(6-14)20-8-9(18)2/h4-5,9-10H,3,6-8,14H2,1-2H3,(H,15,19). The highest BCUT2D eigenvalue weighted by molar-refractivity contribution is 5.92. The predicted molar refractivity (Wildman–Crippen MR) is 75.6 cm³/mol. The van der Waals surface area contributed by atoms with Gasteiger partial charge in [0.2, 0.25) is 0 Å². The first-order valence-electron chi connectivity index (χ1n) is 6.86. The lowest BCUT2D eigenvalue weighted by Crippen LogP contribution is -2.51. The van der Waals surface area contributed by atoms with Crippen LogP contribution in [0.25, 0.3) is 0 Å². The van der Waals surface area contributed by atoms with Crippen LogP contribution in [-0.2, 0) is 4.74 Å². The minimum Gasteiger partial charge on any atom is -0.373 e. The van der Waals surface area contributed by atoms with E-state index in [4.69, 9.17) is 10.5 Å². The number of nitrogens with two attached hydrogens (primary N) is 1. The minimum absolute atomic E-state index is 0.0102. The Kier molecular flexibility index (Phi) is 4.86. The van der Waals surface area contributed by atoms with Gasteiger partial charge in [0, 0.05) is 19.6 Å². The first kappa shape index (κ1) is 14.7. The van der Waals surface area contributed by atoms with E-state index in [-0.39, 0.29) is 18.1 Å². The molecule has 2 unspecified atom stereocenters. The molecule has 1 saturated heterocycles. The van der Waals surface area contributed by atoms with Gasteiger partial charge in [-0.2, -0.15) is 0 Å². The van der Waals surface area contributed by atoms with Crippen molar-refractivity contribution in [2.45, 2.75) is 26.0 Å². The van der Waals surface area contributed by atoms with Crippen molar-refractivity contribution >= 4 is 11.7 Å². The van der Waals surface area contributed by atoms with Gasteiger partial charge in [-0.05, 0) is 26.0 Å². The zero-order valence-corrected chi connectivity index (χ0v) is 11.9. The highest BCUT2D eigenvalue weighted by Crippen LogP contribution is 2.18. The maximum Gasteiger partial charge on any atom is 0.271 e. The normalized spacial score (nSPS) is 22.6. The van der Waals surface area contributed by atoms with Gasteiger partial charge in [-0.3, -0.25) is 4.79 Å². The average molecular weight is 279 g/mol. The number of carbonyl (C=O) groups excluding carboxylic acids is 1. The van der Waals surface area contributed by atoms with Crippen molar-refractivity contribution in [3.05, 3.63) is 17.8 Å². The predicted octanol–water partition coefficient (Wildman–Crippen LogP) is -0.221. The van der Waals surface area contributed by atoms with Crippen LogP contribution in [0.3, 0.4) is 0 Å². The Hall–Kier alpha value is -1.73. The van der Waals surface area contributed by atoms with Crippen LogP contribution in [0, 0.1) is 0 Å². The van der Waals surface area contributed by atoms with Gasteiger partial charge in [-0.25, -0.2) is 0 Å². The molecule has 0 aliphatic carbocycles. The Balaban J connectivity index is 2.10. The van der Waals surface area contributed by atoms with Gasteiger partial charge >= 0.3 is 0 Å². The maximum absolute atomic E-state index is 11.6. The molecule has 2 rings (SSSR count). The largest absolute Gasteiger partial charge is 0.373 e. The smallest absolute Gasteiger partial charge is 0.271 e. The summed E-state index contributed by atoms with van der Waals surface area (Å²) in [6.45, 7) is 6.28. The quantitative estimate of drug-likeness (QED) is 0.791. The lowest BCUT2D eigenvalue weighted by molar-refractivity contribution is 0.0279. The molecule has 1 aliphatic rings. The van der Waals surface area contributed by atoms with E-state index in [1.54, 1.807) is 6.07 Å². The van der Waals surface area contributed by atoms with Gasteiger partial charge in [0.15, 0.2) is 11.5 Å². The van der Waals surface area contributed by atoms with Crippen LogP contribution in [0.15, 0.2) is 12.1 Å². The molecule has 2 atom stereocenters. The molecule has 1 aromatic rings. The fourth-order valence-electron chi connectivity index (χ4n) is 2.13. The molecular formula is C13H21N5O2. The zero-order valence-electron chi connectivity index (χ0n) is 11.9. The molecule has 0 saturated carbocycles. The first-order valence-corrected chi connectivity index (χ1v) is 6.86. The van der Waals surface area contributed by atoms with Crippen molar-refractivity contribution < 1.29 is 9.53 Å². The fourth-order valence-corrected chi connectivity index (χ4v) is 2.13. The van der Waals surface area contributed by atoms with E-state index in [0.717, 1.165) is 5.82 Å². The number of carbonyl (C=O) groups is 1. The molecule has 20 heavy (non-hydrogen) atoms. The van der Waals surface area contributed by atoms with Crippen molar-refractivity contribution in [2.75, 3.05) is 31.1 Å². The third kappa shape index (κ3) is 3.23. The number of aromatic nitrogens is 2. The molecule has 0 bridgehead atoms. The summed E-state index contributed by atoms with van der Waals surface area (Å²) in [7, 11) is 0. The van der Waals surface area contributed by atoms with Crippen LogP contribution in [0.1, 0.15) is 24.3 Å². The van der Waals surface area contributed by atoms with Crippen LogP contribution >= 0.6 is 0 Å². The molecule has 1 amide bonds. The summed E-state index contributed by atoms with van der Waals surface area (Å²) >= 11 is 0.